The molecule has 0 saturated carbocycles. The molecular weight excluding hydrogens is 301 g/mol. The molecule has 0 atom stereocenters. The SMILES string of the molecule is Cc1nn(C)c2c1[nH]c(=S)n2-c1ccccc1C(F)(F)F. The molecule has 3 aromatic rings. The fourth-order valence-corrected chi connectivity index (χ4v) is 2.73. The van der Waals surface area contributed by atoms with Crippen LogP contribution in [0.5, 0.6) is 0 Å². The molecule has 2 aromatic heterocycles. The summed E-state index contributed by atoms with van der Waals surface area (Å²) in [6.45, 7) is 1.77. The van der Waals surface area contributed by atoms with E-state index in [9.17, 15) is 13.2 Å². The van der Waals surface area contributed by atoms with Crippen LogP contribution in [0.15, 0.2) is 24.3 Å². The summed E-state index contributed by atoms with van der Waals surface area (Å²) in [5.41, 5.74) is 1.08. The van der Waals surface area contributed by atoms with Gasteiger partial charge in [0.05, 0.1) is 16.9 Å². The fraction of sp³-hybridized carbons (Fsp3) is 0.231. The lowest BCUT2D eigenvalue weighted by Crippen LogP contribution is -2.11. The number of aromatic nitrogens is 4. The summed E-state index contributed by atoms with van der Waals surface area (Å²) in [5.74, 6) is 0. The third-order valence-electron chi connectivity index (χ3n) is 3.29. The van der Waals surface area contributed by atoms with Crippen LogP contribution in [-0.4, -0.2) is 19.3 Å². The zero-order chi connectivity index (χ0) is 15.4. The van der Waals surface area contributed by atoms with E-state index in [-0.39, 0.29) is 10.5 Å². The van der Waals surface area contributed by atoms with Gasteiger partial charge in [-0.2, -0.15) is 18.3 Å². The Kier molecular flexibility index (Phi) is 2.94. The number of hydrogen-bond acceptors (Lipinski definition) is 2. The van der Waals surface area contributed by atoms with E-state index in [0.717, 1.165) is 6.07 Å². The molecule has 0 aliphatic carbocycles. The van der Waals surface area contributed by atoms with Crippen molar-refractivity contribution >= 4 is 23.4 Å². The summed E-state index contributed by atoms with van der Waals surface area (Å²) in [5, 5.41) is 4.21. The molecule has 0 bridgehead atoms. The molecule has 0 spiro atoms. The maximum absolute atomic E-state index is 13.2. The molecule has 0 aliphatic heterocycles. The van der Waals surface area contributed by atoms with Crippen LogP contribution in [-0.2, 0) is 13.2 Å². The Labute approximate surface area is 122 Å². The van der Waals surface area contributed by atoms with Crippen molar-refractivity contribution in [3.05, 3.63) is 40.3 Å². The molecule has 0 unspecified atom stereocenters. The maximum Gasteiger partial charge on any atom is 0.418 e. The van der Waals surface area contributed by atoms with Gasteiger partial charge in [-0.3, -0.25) is 4.57 Å². The van der Waals surface area contributed by atoms with Crippen molar-refractivity contribution in [2.24, 2.45) is 7.05 Å². The molecule has 0 aliphatic rings. The van der Waals surface area contributed by atoms with Crippen molar-refractivity contribution < 1.29 is 13.2 Å². The largest absolute Gasteiger partial charge is 0.418 e. The second-order valence-electron chi connectivity index (χ2n) is 4.69. The van der Waals surface area contributed by atoms with Crippen molar-refractivity contribution in [3.63, 3.8) is 0 Å². The van der Waals surface area contributed by atoms with Crippen LogP contribution in [0.3, 0.4) is 0 Å². The highest BCUT2D eigenvalue weighted by Gasteiger charge is 2.34. The Balaban J connectivity index is 2.42. The second kappa shape index (κ2) is 4.45. The van der Waals surface area contributed by atoms with Gasteiger partial charge in [0.2, 0.25) is 0 Å². The second-order valence-corrected chi connectivity index (χ2v) is 5.07. The molecule has 0 saturated heterocycles. The number of imidazole rings is 1. The van der Waals surface area contributed by atoms with E-state index in [1.807, 2.05) is 0 Å². The van der Waals surface area contributed by atoms with Gasteiger partial charge in [0.1, 0.15) is 5.52 Å². The first kappa shape index (κ1) is 13.9. The zero-order valence-electron chi connectivity index (χ0n) is 11.2. The third kappa shape index (κ3) is 2.06. The van der Waals surface area contributed by atoms with E-state index in [4.69, 9.17) is 12.2 Å². The van der Waals surface area contributed by atoms with Gasteiger partial charge in [0.25, 0.3) is 0 Å². The van der Waals surface area contributed by atoms with Gasteiger partial charge >= 0.3 is 6.18 Å². The third-order valence-corrected chi connectivity index (χ3v) is 3.57. The molecule has 110 valence electrons. The average Bonchev–Trinajstić information content (AvgIpc) is 2.87. The van der Waals surface area contributed by atoms with Gasteiger partial charge in [-0.25, -0.2) is 4.68 Å². The van der Waals surface area contributed by atoms with E-state index < -0.39 is 11.7 Å². The Bertz CT molecular complexity index is 885. The summed E-state index contributed by atoms with van der Waals surface area (Å²) < 4.78 is 42.7. The number of hydrogen-bond donors (Lipinski definition) is 1. The van der Waals surface area contributed by atoms with E-state index in [1.165, 1.54) is 21.4 Å². The van der Waals surface area contributed by atoms with Crippen LogP contribution in [0.25, 0.3) is 16.9 Å². The Morgan fingerprint density at radius 2 is 1.90 bits per heavy atom. The highest BCUT2D eigenvalue weighted by atomic mass is 32.1. The number of halogens is 3. The molecule has 4 nitrogen and oxygen atoms in total. The molecule has 21 heavy (non-hydrogen) atoms. The van der Waals surface area contributed by atoms with Gasteiger partial charge in [0.15, 0.2) is 10.4 Å². The molecule has 0 fully saturated rings. The minimum atomic E-state index is -4.46. The van der Waals surface area contributed by atoms with Crippen LogP contribution in [0.4, 0.5) is 13.2 Å². The maximum atomic E-state index is 13.2. The van der Waals surface area contributed by atoms with Crippen LogP contribution >= 0.6 is 12.2 Å². The van der Waals surface area contributed by atoms with Crippen LogP contribution < -0.4 is 0 Å². The molecule has 1 aromatic carbocycles. The number of rotatable bonds is 1. The van der Waals surface area contributed by atoms with Crippen molar-refractivity contribution in [2.45, 2.75) is 13.1 Å². The number of alkyl halides is 3. The number of benzene rings is 1. The molecular formula is C13H11F3N4S. The van der Waals surface area contributed by atoms with Crippen LogP contribution in [0.2, 0.25) is 0 Å². The van der Waals surface area contributed by atoms with E-state index in [1.54, 1.807) is 20.0 Å². The first-order chi connectivity index (χ1) is 9.80. The van der Waals surface area contributed by atoms with Crippen molar-refractivity contribution in [1.29, 1.82) is 0 Å². The van der Waals surface area contributed by atoms with Gasteiger partial charge in [-0.1, -0.05) is 12.1 Å². The zero-order valence-corrected chi connectivity index (χ0v) is 12.0. The molecule has 3 rings (SSSR count). The topological polar surface area (TPSA) is 38.5 Å². The number of aryl methyl sites for hydroxylation is 2. The Morgan fingerprint density at radius 1 is 1.24 bits per heavy atom. The number of nitrogens with zero attached hydrogens (tertiary/aromatic N) is 3. The van der Waals surface area contributed by atoms with Crippen molar-refractivity contribution in [1.82, 2.24) is 19.3 Å². The standard InChI is InChI=1S/C13H11F3N4S/c1-7-10-11(19(2)18-7)20(12(21)17-10)9-6-4-3-5-8(9)13(14,15)16/h3-6H,1-2H3,(H,17,21). The molecule has 2 heterocycles. The van der Waals surface area contributed by atoms with E-state index in [0.29, 0.717) is 16.9 Å². The monoisotopic (exact) mass is 312 g/mol. The number of fused-ring (bicyclic) bond motifs is 1. The van der Waals surface area contributed by atoms with Gasteiger partial charge in [0, 0.05) is 7.05 Å². The lowest BCUT2D eigenvalue weighted by molar-refractivity contribution is -0.137. The summed E-state index contributed by atoms with van der Waals surface area (Å²) in [4.78, 5) is 2.92. The first-order valence-corrected chi connectivity index (χ1v) is 6.52. The smallest absolute Gasteiger partial charge is 0.327 e. The summed E-state index contributed by atoms with van der Waals surface area (Å²) in [6.07, 6.45) is -4.46. The van der Waals surface area contributed by atoms with Crippen LogP contribution in [0.1, 0.15) is 11.3 Å². The molecule has 8 heteroatoms. The fourth-order valence-electron chi connectivity index (χ4n) is 2.44. The predicted molar refractivity (Wildman–Crippen MR) is 75.0 cm³/mol. The first-order valence-electron chi connectivity index (χ1n) is 6.11. The summed E-state index contributed by atoms with van der Waals surface area (Å²) >= 11 is 5.19. The molecule has 0 radical (unpaired) electrons. The molecule has 1 N–H and O–H groups in total. The summed E-state index contributed by atoms with van der Waals surface area (Å²) in [6, 6.07) is 5.34. The Hall–Kier alpha value is -2.09. The highest BCUT2D eigenvalue weighted by molar-refractivity contribution is 7.71. The summed E-state index contributed by atoms with van der Waals surface area (Å²) in [7, 11) is 1.67. The van der Waals surface area contributed by atoms with Crippen molar-refractivity contribution in [2.75, 3.05) is 0 Å². The predicted octanol–water partition coefficient (Wildman–Crippen LogP) is 3.75. The number of H-pyrrole nitrogens is 1. The van der Waals surface area contributed by atoms with Gasteiger partial charge in [-0.05, 0) is 31.3 Å². The number of para-hydroxylation sites is 1. The average molecular weight is 312 g/mol. The molecule has 0 amide bonds. The van der Waals surface area contributed by atoms with E-state index >= 15 is 0 Å². The van der Waals surface area contributed by atoms with Crippen molar-refractivity contribution in [3.8, 4) is 5.69 Å². The van der Waals surface area contributed by atoms with E-state index in [2.05, 4.69) is 10.1 Å². The quantitative estimate of drug-likeness (QED) is 0.695. The normalized spacial score (nSPS) is 12.2. The minimum absolute atomic E-state index is 0.00995. The Morgan fingerprint density at radius 3 is 2.57 bits per heavy atom. The lowest BCUT2D eigenvalue weighted by atomic mass is 10.1. The number of aromatic amines is 1. The van der Waals surface area contributed by atoms with Gasteiger partial charge in [-0.15, -0.1) is 0 Å². The highest BCUT2D eigenvalue weighted by Crippen LogP contribution is 2.35. The van der Waals surface area contributed by atoms with Crippen LogP contribution in [0, 0.1) is 11.7 Å². The lowest BCUT2D eigenvalue weighted by Gasteiger charge is -2.13. The van der Waals surface area contributed by atoms with Gasteiger partial charge < -0.3 is 4.98 Å². The number of nitrogens with one attached hydrogen (secondary N) is 1. The minimum Gasteiger partial charge on any atom is -0.327 e.